The molecular weight excluding hydrogens is 454 g/mol. The zero-order valence-corrected chi connectivity index (χ0v) is 21.5. The third-order valence-electron chi connectivity index (χ3n) is 5.85. The van der Waals surface area contributed by atoms with Crippen molar-refractivity contribution in [1.82, 2.24) is 19.9 Å². The summed E-state index contributed by atoms with van der Waals surface area (Å²) in [6, 6.07) is 17.5. The summed E-state index contributed by atoms with van der Waals surface area (Å²) < 4.78 is 13.0. The highest BCUT2D eigenvalue weighted by molar-refractivity contribution is 5.92. The first-order chi connectivity index (χ1) is 17.2. The topological polar surface area (TPSA) is 90.3 Å². The Labute approximate surface area is 211 Å². The predicted molar refractivity (Wildman–Crippen MR) is 142 cm³/mol. The third kappa shape index (κ3) is 6.01. The normalized spacial score (nSPS) is 11.5. The monoisotopic (exact) mass is 487 g/mol. The lowest BCUT2D eigenvalue weighted by Crippen LogP contribution is -2.26. The number of hydrogen-bond acceptors (Lipinski definition) is 6. The van der Waals surface area contributed by atoms with E-state index in [4.69, 9.17) is 14.5 Å². The average molecular weight is 488 g/mol. The number of anilines is 2. The molecule has 4 rings (SSSR count). The molecule has 0 aliphatic heterocycles. The highest BCUT2D eigenvalue weighted by Crippen LogP contribution is 2.29. The second kappa shape index (κ2) is 10.8. The van der Waals surface area contributed by atoms with Crippen LogP contribution in [0.25, 0.3) is 11.0 Å². The summed E-state index contributed by atoms with van der Waals surface area (Å²) in [5, 5.41) is 6.27. The number of aryl methyl sites for hydroxylation is 1. The number of fused-ring (bicyclic) bond motifs is 1. The summed E-state index contributed by atoms with van der Waals surface area (Å²) in [6.07, 6.45) is 2.30. The summed E-state index contributed by atoms with van der Waals surface area (Å²) in [7, 11) is 3.61. The zero-order chi connectivity index (χ0) is 25.7. The van der Waals surface area contributed by atoms with Crippen LogP contribution in [0.4, 0.5) is 11.6 Å². The maximum Gasteiger partial charge on any atom is 0.270 e. The molecule has 8 heteroatoms. The van der Waals surface area contributed by atoms with Gasteiger partial charge in [0.2, 0.25) is 5.95 Å². The minimum atomic E-state index is -0.247. The fourth-order valence-corrected chi connectivity index (χ4v) is 3.79. The summed E-state index contributed by atoms with van der Waals surface area (Å²) in [5.41, 5.74) is 4.38. The quantitative estimate of drug-likeness (QED) is 0.300. The van der Waals surface area contributed by atoms with Crippen LogP contribution in [-0.2, 0) is 17.2 Å². The molecule has 0 saturated carbocycles. The van der Waals surface area contributed by atoms with Gasteiger partial charge in [0.05, 0.1) is 11.0 Å². The molecule has 8 nitrogen and oxygen atoms in total. The average Bonchev–Trinajstić information content (AvgIpc) is 3.15. The molecular formula is C28H33N5O3. The molecule has 0 aliphatic carbocycles. The highest BCUT2D eigenvalue weighted by Gasteiger charge is 2.15. The lowest BCUT2D eigenvalue weighted by atomic mass is 9.87. The molecule has 0 spiro atoms. The zero-order valence-electron chi connectivity index (χ0n) is 21.5. The van der Waals surface area contributed by atoms with E-state index >= 15 is 0 Å². The van der Waals surface area contributed by atoms with Gasteiger partial charge in [-0.05, 0) is 47.7 Å². The Morgan fingerprint density at radius 3 is 2.64 bits per heavy atom. The minimum absolute atomic E-state index is 0.0633. The van der Waals surface area contributed by atoms with Gasteiger partial charge in [0.25, 0.3) is 5.91 Å². The van der Waals surface area contributed by atoms with E-state index in [-0.39, 0.29) is 11.3 Å². The molecule has 1 amide bonds. The van der Waals surface area contributed by atoms with Gasteiger partial charge < -0.3 is 24.7 Å². The van der Waals surface area contributed by atoms with Crippen LogP contribution in [0, 0.1) is 0 Å². The van der Waals surface area contributed by atoms with E-state index in [0.29, 0.717) is 30.3 Å². The van der Waals surface area contributed by atoms with Gasteiger partial charge in [-0.3, -0.25) is 9.78 Å². The van der Waals surface area contributed by atoms with Crippen LogP contribution in [0.3, 0.4) is 0 Å². The molecule has 2 aromatic heterocycles. The van der Waals surface area contributed by atoms with E-state index in [1.165, 1.54) is 5.56 Å². The number of nitrogens with one attached hydrogen (secondary N) is 2. The number of pyridine rings is 1. The van der Waals surface area contributed by atoms with Crippen LogP contribution in [-0.4, -0.2) is 40.7 Å². The van der Waals surface area contributed by atoms with Gasteiger partial charge in [0.15, 0.2) is 0 Å². The fourth-order valence-electron chi connectivity index (χ4n) is 3.79. The Balaban J connectivity index is 1.49. The Morgan fingerprint density at radius 2 is 1.86 bits per heavy atom. The first kappa shape index (κ1) is 25.2. The minimum Gasteiger partial charge on any atom is -0.457 e. The number of amides is 1. The van der Waals surface area contributed by atoms with Crippen molar-refractivity contribution in [2.45, 2.75) is 32.6 Å². The Morgan fingerprint density at radius 1 is 1.06 bits per heavy atom. The lowest BCUT2D eigenvalue weighted by Gasteiger charge is -2.20. The third-order valence-corrected chi connectivity index (χ3v) is 5.85. The maximum atomic E-state index is 12.4. The largest absolute Gasteiger partial charge is 0.457 e. The van der Waals surface area contributed by atoms with Gasteiger partial charge in [0, 0.05) is 51.3 Å². The second-order valence-electron chi connectivity index (χ2n) is 9.68. The molecule has 36 heavy (non-hydrogen) atoms. The number of ether oxygens (including phenoxy) is 2. The van der Waals surface area contributed by atoms with E-state index in [1.807, 2.05) is 35.9 Å². The second-order valence-corrected chi connectivity index (χ2v) is 9.68. The molecule has 2 N–H and O–H groups in total. The van der Waals surface area contributed by atoms with Gasteiger partial charge in [-0.1, -0.05) is 32.9 Å². The van der Waals surface area contributed by atoms with Crippen LogP contribution in [0.1, 0.15) is 43.2 Å². The predicted octanol–water partition coefficient (Wildman–Crippen LogP) is 5.57. The number of methoxy groups -OCH3 is 1. The molecule has 0 unspecified atom stereocenters. The number of carbonyl (C=O) groups is 1. The van der Waals surface area contributed by atoms with Crippen molar-refractivity contribution in [3.8, 4) is 11.5 Å². The molecule has 2 aromatic carbocycles. The van der Waals surface area contributed by atoms with Gasteiger partial charge in [-0.25, -0.2) is 4.98 Å². The molecule has 0 aliphatic rings. The van der Waals surface area contributed by atoms with Crippen LogP contribution < -0.4 is 15.4 Å². The van der Waals surface area contributed by atoms with E-state index in [9.17, 15) is 4.79 Å². The number of benzene rings is 2. The summed E-state index contributed by atoms with van der Waals surface area (Å²) in [5.74, 6) is 1.65. The van der Waals surface area contributed by atoms with Crippen molar-refractivity contribution < 1.29 is 14.3 Å². The van der Waals surface area contributed by atoms with Crippen LogP contribution in [0.2, 0.25) is 0 Å². The van der Waals surface area contributed by atoms with E-state index in [2.05, 4.69) is 54.6 Å². The van der Waals surface area contributed by atoms with Gasteiger partial charge >= 0.3 is 0 Å². The molecule has 0 saturated heterocycles. The van der Waals surface area contributed by atoms with Crippen LogP contribution >= 0.6 is 0 Å². The Hall–Kier alpha value is -3.91. The van der Waals surface area contributed by atoms with Gasteiger partial charge in [-0.2, -0.15) is 0 Å². The SMILES string of the molecule is COCCCNC(=O)c1cc(Oc2ccc3c(c2)nc(Nc2cccc(C(C)(C)C)c2)n3C)ccn1. The van der Waals surface area contributed by atoms with Crippen LogP contribution in [0.5, 0.6) is 11.5 Å². The molecule has 4 aromatic rings. The highest BCUT2D eigenvalue weighted by atomic mass is 16.5. The summed E-state index contributed by atoms with van der Waals surface area (Å²) in [6.45, 7) is 7.71. The molecule has 0 fully saturated rings. The Kier molecular flexibility index (Phi) is 7.55. The number of hydrogen-bond donors (Lipinski definition) is 2. The standard InChI is InChI=1S/C28H33N5O3/c1-28(2,3)19-8-6-9-20(16-19)31-27-32-23-17-21(10-11-25(23)33(27)4)36-22-12-14-29-24(18-22)26(34)30-13-7-15-35-5/h6,8-12,14,16-18H,7,13,15H2,1-5H3,(H,30,34)(H,31,32). The van der Waals surface area contributed by atoms with E-state index in [1.54, 1.807) is 25.4 Å². The first-order valence-electron chi connectivity index (χ1n) is 12.0. The molecule has 0 bridgehead atoms. The molecule has 0 atom stereocenters. The Bertz CT molecular complexity index is 1360. The van der Waals surface area contributed by atoms with Crippen molar-refractivity contribution in [3.05, 3.63) is 72.1 Å². The smallest absolute Gasteiger partial charge is 0.270 e. The van der Waals surface area contributed by atoms with Gasteiger partial charge in [0.1, 0.15) is 17.2 Å². The van der Waals surface area contributed by atoms with E-state index in [0.717, 1.165) is 29.1 Å². The molecule has 2 heterocycles. The van der Waals surface area contributed by atoms with Crippen molar-refractivity contribution >= 4 is 28.6 Å². The van der Waals surface area contributed by atoms with Crippen molar-refractivity contribution in [3.63, 3.8) is 0 Å². The van der Waals surface area contributed by atoms with Gasteiger partial charge in [-0.15, -0.1) is 0 Å². The molecule has 0 radical (unpaired) electrons. The number of aromatic nitrogens is 3. The van der Waals surface area contributed by atoms with Crippen molar-refractivity contribution in [2.24, 2.45) is 7.05 Å². The number of nitrogens with zero attached hydrogens (tertiary/aromatic N) is 3. The summed E-state index contributed by atoms with van der Waals surface area (Å²) >= 11 is 0. The number of rotatable bonds is 9. The summed E-state index contributed by atoms with van der Waals surface area (Å²) in [4.78, 5) is 21.3. The molecule has 188 valence electrons. The van der Waals surface area contributed by atoms with Crippen molar-refractivity contribution in [2.75, 3.05) is 25.6 Å². The van der Waals surface area contributed by atoms with Crippen molar-refractivity contribution in [1.29, 1.82) is 0 Å². The maximum absolute atomic E-state index is 12.4. The van der Waals surface area contributed by atoms with E-state index < -0.39 is 0 Å². The van der Waals surface area contributed by atoms with Crippen LogP contribution in [0.15, 0.2) is 60.8 Å². The first-order valence-corrected chi connectivity index (χ1v) is 12.0. The number of carbonyl (C=O) groups excluding carboxylic acids is 1. The fraction of sp³-hybridized carbons (Fsp3) is 0.321. The number of imidazole rings is 1. The lowest BCUT2D eigenvalue weighted by molar-refractivity contribution is 0.0943.